The van der Waals surface area contributed by atoms with Crippen LogP contribution in [-0.2, 0) is 22.4 Å². The van der Waals surface area contributed by atoms with Crippen molar-refractivity contribution in [2.45, 2.75) is 72.5 Å². The van der Waals surface area contributed by atoms with Gasteiger partial charge in [-0.15, -0.1) is 0 Å². The predicted molar refractivity (Wildman–Crippen MR) is 97.9 cm³/mol. The highest BCUT2D eigenvalue weighted by atomic mass is 16.5. The molecule has 1 heterocycles. The standard InChI is InChI=1S/C21H31NO2/c1-19(2,3)15-20(4,5)17-10-8-9-11-18(17)21(6,7)23-13-16-12-22-24-14-16/h8-12,14H,13,15H2,1-7H3. The van der Waals surface area contributed by atoms with Gasteiger partial charge in [0.15, 0.2) is 0 Å². The molecule has 0 amide bonds. The molecule has 0 aliphatic rings. The molecule has 0 bridgehead atoms. The molecule has 0 aliphatic heterocycles. The fraction of sp³-hybridized carbons (Fsp3) is 0.571. The first-order chi connectivity index (χ1) is 11.0. The van der Waals surface area contributed by atoms with Gasteiger partial charge in [0, 0.05) is 5.56 Å². The number of nitrogens with zero attached hydrogens (tertiary/aromatic N) is 1. The molecule has 132 valence electrons. The minimum atomic E-state index is -0.386. The number of rotatable bonds is 6. The van der Waals surface area contributed by atoms with Gasteiger partial charge in [0.2, 0.25) is 0 Å². The number of hydrogen-bond donors (Lipinski definition) is 0. The molecule has 2 aromatic rings. The summed E-state index contributed by atoms with van der Waals surface area (Å²) in [6.07, 6.45) is 4.44. The Morgan fingerprint density at radius 2 is 1.58 bits per heavy atom. The van der Waals surface area contributed by atoms with Gasteiger partial charge in [-0.25, -0.2) is 0 Å². The van der Waals surface area contributed by atoms with Gasteiger partial charge in [0.25, 0.3) is 0 Å². The van der Waals surface area contributed by atoms with Crippen molar-refractivity contribution in [2.75, 3.05) is 0 Å². The predicted octanol–water partition coefficient (Wildman–Crippen LogP) is 5.84. The van der Waals surface area contributed by atoms with Crippen molar-refractivity contribution in [1.29, 1.82) is 0 Å². The van der Waals surface area contributed by atoms with Crippen LogP contribution in [0.4, 0.5) is 0 Å². The van der Waals surface area contributed by atoms with Crippen LogP contribution in [0.25, 0.3) is 0 Å². The minimum absolute atomic E-state index is 0.0761. The number of aromatic nitrogens is 1. The fourth-order valence-electron chi connectivity index (χ4n) is 3.66. The lowest BCUT2D eigenvalue weighted by Gasteiger charge is -2.38. The second-order valence-corrected chi connectivity index (χ2v) is 9.00. The Hall–Kier alpha value is -1.61. The van der Waals surface area contributed by atoms with E-state index in [-0.39, 0.29) is 16.4 Å². The number of hydrogen-bond acceptors (Lipinski definition) is 3. The highest BCUT2D eigenvalue weighted by Crippen LogP contribution is 2.41. The molecule has 0 spiro atoms. The zero-order valence-corrected chi connectivity index (χ0v) is 16.1. The lowest BCUT2D eigenvalue weighted by atomic mass is 9.69. The molecule has 24 heavy (non-hydrogen) atoms. The lowest BCUT2D eigenvalue weighted by Crippen LogP contribution is -2.31. The summed E-state index contributed by atoms with van der Waals surface area (Å²) < 4.78 is 11.1. The maximum Gasteiger partial charge on any atom is 0.129 e. The summed E-state index contributed by atoms with van der Waals surface area (Å²) in [5, 5.41) is 3.74. The summed E-state index contributed by atoms with van der Waals surface area (Å²) in [6.45, 7) is 16.3. The van der Waals surface area contributed by atoms with Crippen molar-refractivity contribution in [1.82, 2.24) is 5.16 Å². The second kappa shape index (κ2) is 6.72. The van der Waals surface area contributed by atoms with Crippen LogP contribution in [0.5, 0.6) is 0 Å². The van der Waals surface area contributed by atoms with E-state index in [9.17, 15) is 0 Å². The van der Waals surface area contributed by atoms with E-state index < -0.39 is 0 Å². The quantitative estimate of drug-likeness (QED) is 0.668. The molecule has 3 heteroatoms. The average Bonchev–Trinajstić information content (AvgIpc) is 2.96. The van der Waals surface area contributed by atoms with E-state index in [4.69, 9.17) is 9.26 Å². The Bertz CT molecular complexity index is 649. The third-order valence-corrected chi connectivity index (χ3v) is 4.36. The zero-order valence-electron chi connectivity index (χ0n) is 16.1. The number of benzene rings is 1. The van der Waals surface area contributed by atoms with Crippen molar-refractivity contribution in [3.8, 4) is 0 Å². The van der Waals surface area contributed by atoms with Gasteiger partial charge < -0.3 is 9.26 Å². The first kappa shape index (κ1) is 18.7. The first-order valence-electron chi connectivity index (χ1n) is 8.63. The van der Waals surface area contributed by atoms with Gasteiger partial charge in [-0.1, -0.05) is 64.0 Å². The van der Waals surface area contributed by atoms with Crippen LogP contribution in [0, 0.1) is 5.41 Å². The van der Waals surface area contributed by atoms with E-state index in [0.29, 0.717) is 6.61 Å². The van der Waals surface area contributed by atoms with Gasteiger partial charge in [-0.05, 0) is 42.2 Å². The van der Waals surface area contributed by atoms with E-state index in [1.165, 1.54) is 11.1 Å². The van der Waals surface area contributed by atoms with Gasteiger partial charge in [0.05, 0.1) is 18.4 Å². The lowest BCUT2D eigenvalue weighted by molar-refractivity contribution is -0.0352. The molecule has 0 saturated carbocycles. The van der Waals surface area contributed by atoms with Crippen LogP contribution in [0.2, 0.25) is 0 Å². The van der Waals surface area contributed by atoms with Crippen molar-refractivity contribution in [3.63, 3.8) is 0 Å². The maximum absolute atomic E-state index is 6.23. The minimum Gasteiger partial charge on any atom is -0.366 e. The molecule has 0 saturated heterocycles. The molecule has 0 radical (unpaired) electrons. The molecular weight excluding hydrogens is 298 g/mol. The van der Waals surface area contributed by atoms with E-state index in [0.717, 1.165) is 12.0 Å². The van der Waals surface area contributed by atoms with Crippen LogP contribution >= 0.6 is 0 Å². The summed E-state index contributed by atoms with van der Waals surface area (Å²) in [5.41, 5.74) is 3.51. The van der Waals surface area contributed by atoms with Crippen LogP contribution in [-0.4, -0.2) is 5.16 Å². The summed E-state index contributed by atoms with van der Waals surface area (Å²) in [7, 11) is 0. The topological polar surface area (TPSA) is 35.3 Å². The Kier molecular flexibility index (Phi) is 5.24. The highest BCUT2D eigenvalue weighted by Gasteiger charge is 2.33. The third kappa shape index (κ3) is 4.70. The van der Waals surface area contributed by atoms with E-state index >= 15 is 0 Å². The van der Waals surface area contributed by atoms with Crippen LogP contribution in [0.3, 0.4) is 0 Å². The normalized spacial score (nSPS) is 13.3. The van der Waals surface area contributed by atoms with E-state index in [1.54, 1.807) is 12.5 Å². The Balaban J connectivity index is 2.29. The van der Waals surface area contributed by atoms with Crippen molar-refractivity contribution in [3.05, 3.63) is 53.4 Å². The summed E-state index contributed by atoms with van der Waals surface area (Å²) in [4.78, 5) is 0. The third-order valence-electron chi connectivity index (χ3n) is 4.36. The Morgan fingerprint density at radius 1 is 0.958 bits per heavy atom. The smallest absolute Gasteiger partial charge is 0.129 e. The van der Waals surface area contributed by atoms with Gasteiger partial charge in [0.1, 0.15) is 6.26 Å². The molecule has 1 aromatic carbocycles. The first-order valence-corrected chi connectivity index (χ1v) is 8.63. The van der Waals surface area contributed by atoms with Crippen molar-refractivity contribution in [2.24, 2.45) is 5.41 Å². The van der Waals surface area contributed by atoms with Crippen molar-refractivity contribution >= 4 is 0 Å². The van der Waals surface area contributed by atoms with Crippen molar-refractivity contribution < 1.29 is 9.26 Å². The SMILES string of the molecule is CC(C)(C)CC(C)(C)c1ccccc1C(C)(C)OCc1cnoc1. The second-order valence-electron chi connectivity index (χ2n) is 9.00. The van der Waals surface area contributed by atoms with Crippen LogP contribution < -0.4 is 0 Å². The largest absolute Gasteiger partial charge is 0.366 e. The van der Waals surface area contributed by atoms with E-state index in [1.807, 2.05) is 0 Å². The van der Waals surface area contributed by atoms with Gasteiger partial charge in [-0.3, -0.25) is 0 Å². The molecule has 1 aromatic heterocycles. The summed E-state index contributed by atoms with van der Waals surface area (Å²) in [6, 6.07) is 8.65. The van der Waals surface area contributed by atoms with Crippen LogP contribution in [0.15, 0.2) is 41.2 Å². The molecular formula is C21H31NO2. The number of ether oxygens (including phenoxy) is 1. The summed E-state index contributed by atoms with van der Waals surface area (Å²) >= 11 is 0. The molecule has 0 atom stereocenters. The van der Waals surface area contributed by atoms with Crippen LogP contribution in [0.1, 0.15) is 71.6 Å². The molecule has 0 N–H and O–H groups in total. The summed E-state index contributed by atoms with van der Waals surface area (Å²) in [5.74, 6) is 0. The molecule has 0 aliphatic carbocycles. The highest BCUT2D eigenvalue weighted by molar-refractivity contribution is 5.37. The molecule has 2 rings (SSSR count). The monoisotopic (exact) mass is 329 g/mol. The molecule has 3 nitrogen and oxygen atoms in total. The average molecular weight is 329 g/mol. The van der Waals surface area contributed by atoms with E-state index in [2.05, 4.69) is 77.9 Å². The fourth-order valence-corrected chi connectivity index (χ4v) is 3.66. The van der Waals surface area contributed by atoms with Gasteiger partial charge in [-0.2, -0.15) is 0 Å². The maximum atomic E-state index is 6.23. The Labute approximate surface area is 146 Å². The molecule has 0 unspecified atom stereocenters. The Morgan fingerprint density at radius 3 is 2.12 bits per heavy atom. The van der Waals surface area contributed by atoms with Gasteiger partial charge >= 0.3 is 0 Å². The molecule has 0 fully saturated rings. The zero-order chi connectivity index (χ0) is 18.0.